The molecule has 0 amide bonds. The van der Waals surface area contributed by atoms with Crippen molar-refractivity contribution >= 4 is 21.8 Å². The zero-order chi connectivity index (χ0) is 18.8. The summed E-state index contributed by atoms with van der Waals surface area (Å²) in [6, 6.07) is 5.46. The highest BCUT2D eigenvalue weighted by Crippen LogP contribution is 2.42. The van der Waals surface area contributed by atoms with Gasteiger partial charge in [0.2, 0.25) is 11.3 Å². The van der Waals surface area contributed by atoms with Gasteiger partial charge in [-0.05, 0) is 11.6 Å². The standard InChI is InChI=1S/C17H15NO7S/c1-23-17-12(24-8-9-3-4-18-13(20)5-9)7-11-15(16(17)21)10(19)6-14(25-11)26(2)22/h3-7,21H,8H2,1-2H3,(H,18,20). The topological polar surface area (TPSA) is 119 Å². The van der Waals surface area contributed by atoms with Gasteiger partial charge in [-0.2, -0.15) is 0 Å². The van der Waals surface area contributed by atoms with Crippen LogP contribution in [0.15, 0.2) is 49.6 Å². The summed E-state index contributed by atoms with van der Waals surface area (Å²) in [4.78, 5) is 26.1. The van der Waals surface area contributed by atoms with E-state index in [4.69, 9.17) is 13.9 Å². The molecule has 26 heavy (non-hydrogen) atoms. The van der Waals surface area contributed by atoms with Gasteiger partial charge < -0.3 is 24.0 Å². The molecule has 1 aromatic carbocycles. The minimum atomic E-state index is -1.51. The number of fused-ring (bicyclic) bond motifs is 1. The summed E-state index contributed by atoms with van der Waals surface area (Å²) in [6.07, 6.45) is 2.86. The Morgan fingerprint density at radius 3 is 2.69 bits per heavy atom. The molecule has 0 aliphatic heterocycles. The molecule has 136 valence electrons. The molecule has 2 aromatic heterocycles. The van der Waals surface area contributed by atoms with Crippen LogP contribution < -0.4 is 20.5 Å². The summed E-state index contributed by atoms with van der Waals surface area (Å²) < 4.78 is 27.8. The van der Waals surface area contributed by atoms with Crippen molar-refractivity contribution < 1.29 is 23.2 Å². The minimum absolute atomic E-state index is 0.0157. The SMILES string of the molecule is COc1c(OCc2cc[nH]c(=O)c2)cc2oc(S(C)=O)cc(=O)c2c1O. The molecule has 8 nitrogen and oxygen atoms in total. The van der Waals surface area contributed by atoms with Gasteiger partial charge in [-0.3, -0.25) is 13.8 Å². The Balaban J connectivity index is 2.10. The Morgan fingerprint density at radius 2 is 2.04 bits per heavy atom. The number of aromatic hydroxyl groups is 1. The van der Waals surface area contributed by atoms with Crippen molar-refractivity contribution in [3.8, 4) is 17.2 Å². The number of methoxy groups -OCH3 is 1. The molecule has 2 heterocycles. The van der Waals surface area contributed by atoms with Gasteiger partial charge in [0.1, 0.15) is 17.6 Å². The van der Waals surface area contributed by atoms with Gasteiger partial charge >= 0.3 is 0 Å². The lowest BCUT2D eigenvalue weighted by molar-refractivity contribution is 0.277. The quantitative estimate of drug-likeness (QED) is 0.692. The van der Waals surface area contributed by atoms with Gasteiger partial charge in [0.25, 0.3) is 0 Å². The maximum absolute atomic E-state index is 12.2. The maximum Gasteiger partial charge on any atom is 0.248 e. The summed E-state index contributed by atoms with van der Waals surface area (Å²) in [5.74, 6) is -0.368. The largest absolute Gasteiger partial charge is 0.504 e. The number of hydrogen-bond acceptors (Lipinski definition) is 7. The molecular formula is C17H15NO7S. The maximum atomic E-state index is 12.2. The first-order valence-corrected chi connectivity index (χ1v) is 8.98. The second-order valence-corrected chi connectivity index (χ2v) is 6.67. The third-order valence-corrected chi connectivity index (χ3v) is 4.38. The fourth-order valence-corrected chi connectivity index (χ4v) is 2.91. The Kier molecular flexibility index (Phi) is 4.81. The van der Waals surface area contributed by atoms with Crippen LogP contribution in [0.5, 0.6) is 17.2 Å². The van der Waals surface area contributed by atoms with Crippen LogP contribution in [0.3, 0.4) is 0 Å². The van der Waals surface area contributed by atoms with E-state index in [-0.39, 0.29) is 39.7 Å². The average molecular weight is 377 g/mol. The summed E-state index contributed by atoms with van der Waals surface area (Å²) in [7, 11) is -0.193. The predicted octanol–water partition coefficient (Wildman–Crippen LogP) is 1.51. The molecular weight excluding hydrogens is 362 g/mol. The number of H-pyrrole nitrogens is 1. The van der Waals surface area contributed by atoms with Crippen LogP contribution in [0.2, 0.25) is 0 Å². The number of pyridine rings is 1. The van der Waals surface area contributed by atoms with Crippen LogP contribution in [0, 0.1) is 0 Å². The molecule has 9 heteroatoms. The summed E-state index contributed by atoms with van der Waals surface area (Å²) in [5.41, 5.74) is -0.212. The van der Waals surface area contributed by atoms with Gasteiger partial charge in [0, 0.05) is 30.7 Å². The third kappa shape index (κ3) is 3.33. The van der Waals surface area contributed by atoms with E-state index in [9.17, 15) is 18.9 Å². The highest BCUT2D eigenvalue weighted by atomic mass is 32.2. The van der Waals surface area contributed by atoms with Crippen molar-refractivity contribution in [2.45, 2.75) is 11.7 Å². The van der Waals surface area contributed by atoms with Crippen molar-refractivity contribution in [2.75, 3.05) is 13.4 Å². The van der Waals surface area contributed by atoms with E-state index in [0.717, 1.165) is 6.07 Å². The lowest BCUT2D eigenvalue weighted by atomic mass is 10.2. The molecule has 1 unspecified atom stereocenters. The van der Waals surface area contributed by atoms with Crippen molar-refractivity contribution in [3.63, 3.8) is 0 Å². The van der Waals surface area contributed by atoms with Gasteiger partial charge in [-0.1, -0.05) is 0 Å². The van der Waals surface area contributed by atoms with Gasteiger partial charge in [0.15, 0.2) is 22.0 Å². The number of rotatable bonds is 5. The molecule has 2 N–H and O–H groups in total. The smallest absolute Gasteiger partial charge is 0.248 e. The molecule has 0 bridgehead atoms. The highest BCUT2D eigenvalue weighted by molar-refractivity contribution is 7.84. The van der Waals surface area contributed by atoms with Crippen molar-refractivity contribution in [1.82, 2.24) is 4.98 Å². The molecule has 0 aliphatic carbocycles. The summed E-state index contributed by atoms with van der Waals surface area (Å²) in [6.45, 7) is 0.0227. The lowest BCUT2D eigenvalue weighted by Gasteiger charge is -2.13. The van der Waals surface area contributed by atoms with E-state index in [1.165, 1.54) is 31.7 Å². The zero-order valence-electron chi connectivity index (χ0n) is 13.9. The van der Waals surface area contributed by atoms with E-state index in [0.29, 0.717) is 5.56 Å². The number of nitrogens with one attached hydrogen (secondary N) is 1. The van der Waals surface area contributed by atoms with E-state index in [2.05, 4.69) is 4.98 Å². The second kappa shape index (κ2) is 7.04. The van der Waals surface area contributed by atoms with Crippen LogP contribution in [0.4, 0.5) is 0 Å². The van der Waals surface area contributed by atoms with Crippen molar-refractivity contribution in [3.05, 3.63) is 56.6 Å². The lowest BCUT2D eigenvalue weighted by Crippen LogP contribution is -2.07. The van der Waals surface area contributed by atoms with Crippen LogP contribution in [0.1, 0.15) is 5.56 Å². The Morgan fingerprint density at radius 1 is 1.27 bits per heavy atom. The minimum Gasteiger partial charge on any atom is -0.504 e. The Hall–Kier alpha value is -3.07. The predicted molar refractivity (Wildman–Crippen MR) is 94.4 cm³/mol. The van der Waals surface area contributed by atoms with Crippen LogP contribution in [-0.4, -0.2) is 27.7 Å². The zero-order valence-corrected chi connectivity index (χ0v) is 14.7. The van der Waals surface area contributed by atoms with Crippen molar-refractivity contribution in [2.24, 2.45) is 0 Å². The molecule has 1 atom stereocenters. The average Bonchev–Trinajstić information content (AvgIpc) is 2.59. The monoisotopic (exact) mass is 377 g/mol. The third-order valence-electron chi connectivity index (χ3n) is 3.61. The van der Waals surface area contributed by atoms with E-state index in [1.54, 1.807) is 6.07 Å². The van der Waals surface area contributed by atoms with Crippen LogP contribution >= 0.6 is 0 Å². The molecule has 0 fully saturated rings. The number of aromatic nitrogens is 1. The fraction of sp³-hybridized carbons (Fsp3) is 0.176. The molecule has 0 saturated heterocycles. The number of aromatic amines is 1. The first-order valence-electron chi connectivity index (χ1n) is 7.42. The number of hydrogen-bond donors (Lipinski definition) is 2. The van der Waals surface area contributed by atoms with Crippen LogP contribution in [0.25, 0.3) is 11.0 Å². The van der Waals surface area contributed by atoms with E-state index in [1.807, 2.05) is 0 Å². The molecule has 0 aliphatic rings. The number of phenolic OH excluding ortho intramolecular Hbond substituents is 1. The highest BCUT2D eigenvalue weighted by Gasteiger charge is 2.20. The van der Waals surface area contributed by atoms with Gasteiger partial charge in [-0.15, -0.1) is 0 Å². The molecule has 3 rings (SSSR count). The molecule has 0 radical (unpaired) electrons. The number of benzene rings is 1. The van der Waals surface area contributed by atoms with Crippen LogP contribution in [-0.2, 0) is 17.4 Å². The number of phenols is 1. The first kappa shape index (κ1) is 17.7. The Bertz CT molecular complexity index is 1120. The summed E-state index contributed by atoms with van der Waals surface area (Å²) >= 11 is 0. The molecule has 0 saturated carbocycles. The van der Waals surface area contributed by atoms with E-state index >= 15 is 0 Å². The van der Waals surface area contributed by atoms with Gasteiger partial charge in [-0.25, -0.2) is 0 Å². The second-order valence-electron chi connectivity index (χ2n) is 5.36. The number of ether oxygens (including phenoxy) is 2. The molecule has 0 spiro atoms. The molecule has 3 aromatic rings. The Labute approximate surface area is 149 Å². The summed E-state index contributed by atoms with van der Waals surface area (Å²) in [5, 5.41) is 10.3. The van der Waals surface area contributed by atoms with Gasteiger partial charge in [0.05, 0.1) is 17.9 Å². The van der Waals surface area contributed by atoms with E-state index < -0.39 is 22.0 Å². The van der Waals surface area contributed by atoms with Crippen molar-refractivity contribution in [1.29, 1.82) is 0 Å². The first-order chi connectivity index (χ1) is 12.4. The normalized spacial score (nSPS) is 12.1. The fourth-order valence-electron chi connectivity index (χ4n) is 2.43.